The number of hydrogen-bond donors (Lipinski definition) is 1. The molecule has 1 N–H and O–H groups in total. The predicted molar refractivity (Wildman–Crippen MR) is 59.7 cm³/mol. The van der Waals surface area contributed by atoms with E-state index < -0.39 is 0 Å². The fourth-order valence-corrected chi connectivity index (χ4v) is 1.64. The smallest absolute Gasteiger partial charge is 0.196 e. The molecular weight excluding hydrogens is 208 g/mol. The number of fused-ring (bicyclic) bond motifs is 1. The van der Waals surface area contributed by atoms with Crippen LogP contribution >= 0.6 is 0 Å². The van der Waals surface area contributed by atoms with Crippen LogP contribution < -0.4 is 10.2 Å². The third kappa shape index (κ3) is 1.47. The number of para-hydroxylation sites is 1. The van der Waals surface area contributed by atoms with E-state index in [1.54, 1.807) is 25.1 Å². The SMILES string of the molecule is COc1cccc2c(=O)c(C)c(CO)oc12. The summed E-state index contributed by atoms with van der Waals surface area (Å²) >= 11 is 0. The van der Waals surface area contributed by atoms with Crippen LogP contribution in [0.2, 0.25) is 0 Å². The molecule has 0 amide bonds. The Morgan fingerprint density at radius 2 is 2.19 bits per heavy atom. The summed E-state index contributed by atoms with van der Waals surface area (Å²) in [5, 5.41) is 9.56. The first-order valence-corrected chi connectivity index (χ1v) is 4.89. The molecule has 1 heterocycles. The van der Waals surface area contributed by atoms with Gasteiger partial charge in [-0.1, -0.05) is 6.07 Å². The highest BCUT2D eigenvalue weighted by molar-refractivity contribution is 5.83. The van der Waals surface area contributed by atoms with Gasteiger partial charge in [0.15, 0.2) is 16.8 Å². The average molecular weight is 220 g/mol. The Kier molecular flexibility index (Phi) is 2.66. The topological polar surface area (TPSA) is 59.7 Å². The van der Waals surface area contributed by atoms with Crippen molar-refractivity contribution in [1.29, 1.82) is 0 Å². The van der Waals surface area contributed by atoms with E-state index in [4.69, 9.17) is 14.3 Å². The second kappa shape index (κ2) is 3.98. The quantitative estimate of drug-likeness (QED) is 0.835. The molecule has 1 aromatic carbocycles. The van der Waals surface area contributed by atoms with Gasteiger partial charge in [0, 0.05) is 5.56 Å². The Balaban J connectivity index is 2.92. The normalized spacial score (nSPS) is 10.7. The fraction of sp³-hybridized carbons (Fsp3) is 0.250. The standard InChI is InChI=1S/C12H12O4/c1-7-10(6-13)16-12-8(11(7)14)4-3-5-9(12)15-2/h3-5,13H,6H2,1-2H3. The Labute approximate surface area is 92.1 Å². The minimum Gasteiger partial charge on any atom is -0.493 e. The van der Waals surface area contributed by atoms with Gasteiger partial charge in [-0.2, -0.15) is 0 Å². The van der Waals surface area contributed by atoms with Gasteiger partial charge in [0.05, 0.1) is 12.5 Å². The van der Waals surface area contributed by atoms with Crippen LogP contribution in [-0.2, 0) is 6.61 Å². The summed E-state index contributed by atoms with van der Waals surface area (Å²) in [6.07, 6.45) is 0. The lowest BCUT2D eigenvalue weighted by Crippen LogP contribution is -2.09. The van der Waals surface area contributed by atoms with E-state index in [1.807, 2.05) is 0 Å². The van der Waals surface area contributed by atoms with Crippen molar-refractivity contribution < 1.29 is 14.3 Å². The van der Waals surface area contributed by atoms with Crippen LogP contribution in [0.15, 0.2) is 27.4 Å². The van der Waals surface area contributed by atoms with Gasteiger partial charge < -0.3 is 14.3 Å². The first-order chi connectivity index (χ1) is 7.69. The highest BCUT2D eigenvalue weighted by Gasteiger charge is 2.12. The molecule has 0 bridgehead atoms. The van der Waals surface area contributed by atoms with Crippen LogP contribution in [0.4, 0.5) is 0 Å². The monoisotopic (exact) mass is 220 g/mol. The van der Waals surface area contributed by atoms with E-state index >= 15 is 0 Å². The molecule has 16 heavy (non-hydrogen) atoms. The van der Waals surface area contributed by atoms with E-state index in [0.717, 1.165) is 0 Å². The molecule has 0 atom stereocenters. The molecule has 4 heteroatoms. The first kappa shape index (κ1) is 10.7. The molecular formula is C12H12O4. The van der Waals surface area contributed by atoms with E-state index in [0.29, 0.717) is 22.3 Å². The summed E-state index contributed by atoms with van der Waals surface area (Å²) < 4.78 is 10.6. The van der Waals surface area contributed by atoms with Gasteiger partial charge in [0.2, 0.25) is 0 Å². The molecule has 0 spiro atoms. The largest absolute Gasteiger partial charge is 0.493 e. The van der Waals surface area contributed by atoms with Gasteiger partial charge in [-0.05, 0) is 19.1 Å². The summed E-state index contributed by atoms with van der Waals surface area (Å²) in [6.45, 7) is 1.34. The van der Waals surface area contributed by atoms with Crippen molar-refractivity contribution >= 4 is 11.0 Å². The van der Waals surface area contributed by atoms with Gasteiger partial charge >= 0.3 is 0 Å². The maximum atomic E-state index is 11.9. The second-order valence-electron chi connectivity index (χ2n) is 3.47. The number of aliphatic hydroxyl groups is 1. The Morgan fingerprint density at radius 3 is 2.81 bits per heavy atom. The van der Waals surface area contributed by atoms with E-state index in [9.17, 15) is 4.79 Å². The molecule has 0 saturated carbocycles. The van der Waals surface area contributed by atoms with Crippen LogP contribution in [0, 0.1) is 6.92 Å². The number of benzene rings is 1. The number of methoxy groups -OCH3 is 1. The summed E-state index contributed by atoms with van der Waals surface area (Å²) in [7, 11) is 1.51. The first-order valence-electron chi connectivity index (χ1n) is 4.89. The molecule has 0 fully saturated rings. The van der Waals surface area contributed by atoms with Crippen LogP contribution in [0.1, 0.15) is 11.3 Å². The molecule has 4 nitrogen and oxygen atoms in total. The van der Waals surface area contributed by atoms with Crippen LogP contribution in [0.5, 0.6) is 5.75 Å². The average Bonchev–Trinajstić information content (AvgIpc) is 2.33. The van der Waals surface area contributed by atoms with Crippen LogP contribution in [0.3, 0.4) is 0 Å². The zero-order valence-corrected chi connectivity index (χ0v) is 9.11. The second-order valence-corrected chi connectivity index (χ2v) is 3.47. The highest BCUT2D eigenvalue weighted by Crippen LogP contribution is 2.25. The Hall–Kier alpha value is -1.81. The lowest BCUT2D eigenvalue weighted by Gasteiger charge is -2.07. The number of aliphatic hydroxyl groups excluding tert-OH is 1. The number of hydrogen-bond acceptors (Lipinski definition) is 4. The van der Waals surface area contributed by atoms with Crippen molar-refractivity contribution in [2.75, 3.05) is 7.11 Å². The molecule has 0 aliphatic rings. The zero-order valence-electron chi connectivity index (χ0n) is 9.11. The number of ether oxygens (including phenoxy) is 1. The Bertz CT molecular complexity index is 583. The Morgan fingerprint density at radius 1 is 1.44 bits per heavy atom. The fourth-order valence-electron chi connectivity index (χ4n) is 1.64. The van der Waals surface area contributed by atoms with E-state index in [1.165, 1.54) is 7.11 Å². The lowest BCUT2D eigenvalue weighted by atomic mass is 10.1. The minimum atomic E-state index is -0.297. The molecule has 2 rings (SSSR count). The molecule has 84 valence electrons. The predicted octanol–water partition coefficient (Wildman–Crippen LogP) is 1.60. The lowest BCUT2D eigenvalue weighted by molar-refractivity contribution is 0.246. The maximum Gasteiger partial charge on any atom is 0.196 e. The van der Waals surface area contributed by atoms with Gasteiger partial charge in [0.25, 0.3) is 0 Å². The van der Waals surface area contributed by atoms with Crippen LogP contribution in [0.25, 0.3) is 11.0 Å². The van der Waals surface area contributed by atoms with Crippen molar-refractivity contribution in [2.45, 2.75) is 13.5 Å². The van der Waals surface area contributed by atoms with Gasteiger partial charge in [0.1, 0.15) is 12.4 Å². The number of rotatable bonds is 2. The zero-order chi connectivity index (χ0) is 11.7. The van der Waals surface area contributed by atoms with Crippen LogP contribution in [-0.4, -0.2) is 12.2 Å². The van der Waals surface area contributed by atoms with Crippen molar-refractivity contribution in [1.82, 2.24) is 0 Å². The summed E-state index contributed by atoms with van der Waals surface area (Å²) in [4.78, 5) is 11.9. The molecule has 2 aromatic rings. The molecule has 0 saturated heterocycles. The van der Waals surface area contributed by atoms with Gasteiger partial charge in [-0.15, -0.1) is 0 Å². The highest BCUT2D eigenvalue weighted by atomic mass is 16.5. The van der Waals surface area contributed by atoms with E-state index in [2.05, 4.69) is 0 Å². The van der Waals surface area contributed by atoms with Crippen molar-refractivity contribution in [3.8, 4) is 5.75 Å². The molecule has 1 aromatic heterocycles. The molecule has 0 aliphatic carbocycles. The summed E-state index contributed by atoms with van der Waals surface area (Å²) in [5.74, 6) is 0.770. The van der Waals surface area contributed by atoms with Crippen molar-refractivity contribution in [3.05, 3.63) is 39.7 Å². The molecule has 0 unspecified atom stereocenters. The molecule has 0 aliphatic heterocycles. The van der Waals surface area contributed by atoms with E-state index in [-0.39, 0.29) is 17.8 Å². The summed E-state index contributed by atoms with van der Waals surface area (Å²) in [6, 6.07) is 5.12. The van der Waals surface area contributed by atoms with Crippen molar-refractivity contribution in [3.63, 3.8) is 0 Å². The third-order valence-electron chi connectivity index (χ3n) is 2.57. The van der Waals surface area contributed by atoms with Gasteiger partial charge in [-0.3, -0.25) is 4.79 Å². The minimum absolute atomic E-state index is 0.135. The summed E-state index contributed by atoms with van der Waals surface area (Å²) in [5.41, 5.74) is 0.678. The van der Waals surface area contributed by atoms with Crippen molar-refractivity contribution in [2.24, 2.45) is 0 Å². The van der Waals surface area contributed by atoms with Gasteiger partial charge in [-0.25, -0.2) is 0 Å². The maximum absolute atomic E-state index is 11.9. The third-order valence-corrected chi connectivity index (χ3v) is 2.57. The molecule has 0 radical (unpaired) electrons.